The van der Waals surface area contributed by atoms with E-state index < -0.39 is 15.7 Å². The normalized spacial score (nSPS) is 11.2. The smallest absolute Gasteiger partial charge is 0.265 e. The lowest BCUT2D eigenvalue weighted by molar-refractivity contribution is -0.127. The summed E-state index contributed by atoms with van der Waals surface area (Å²) in [6.07, 6.45) is 2.90. The quantitative estimate of drug-likeness (QED) is 0.583. The largest absolute Gasteiger partial charge is 0.349 e. The van der Waals surface area contributed by atoms with Gasteiger partial charge >= 0.3 is 0 Å². The molecule has 1 aromatic carbocycles. The molecule has 10 heteroatoms. The average Bonchev–Trinajstić information content (AvgIpc) is 3.17. The second-order valence-electron chi connectivity index (χ2n) is 7.08. The molecule has 0 saturated carbocycles. The zero-order chi connectivity index (χ0) is 22.8. The summed E-state index contributed by atoms with van der Waals surface area (Å²) in [7, 11) is -0.0917. The highest BCUT2D eigenvalue weighted by Crippen LogP contribution is 2.29. The van der Waals surface area contributed by atoms with Crippen molar-refractivity contribution in [1.82, 2.24) is 9.88 Å². The molecule has 3 aromatic rings. The van der Waals surface area contributed by atoms with Crippen LogP contribution in [0.25, 0.3) is 11.3 Å². The Hall–Kier alpha value is -2.75. The first-order valence-electron chi connectivity index (χ1n) is 9.09. The predicted octanol–water partition coefficient (Wildman–Crippen LogP) is 3.75. The summed E-state index contributed by atoms with van der Waals surface area (Å²) in [5.74, 6) is -0.454. The number of amides is 2. The molecule has 1 N–H and O–H groups in total. The van der Waals surface area contributed by atoms with E-state index in [-0.39, 0.29) is 27.9 Å². The maximum atomic E-state index is 12.7. The predicted molar refractivity (Wildman–Crippen MR) is 122 cm³/mol. The number of carbonyl (C=O) groups is 2. The molecule has 2 amide bonds. The number of thiophene rings is 1. The Balaban J connectivity index is 1.85. The fraction of sp³-hybridized carbons (Fsp3) is 0.190. The van der Waals surface area contributed by atoms with Crippen molar-refractivity contribution in [2.24, 2.45) is 0 Å². The van der Waals surface area contributed by atoms with E-state index in [0.717, 1.165) is 17.4 Å². The van der Waals surface area contributed by atoms with Crippen molar-refractivity contribution >= 4 is 50.3 Å². The fourth-order valence-electron chi connectivity index (χ4n) is 2.78. The third-order valence-corrected chi connectivity index (χ3v) is 6.62. The number of nitrogens with one attached hydrogen (secondary N) is 1. The molecule has 31 heavy (non-hydrogen) atoms. The van der Waals surface area contributed by atoms with Gasteiger partial charge in [0.2, 0.25) is 5.91 Å². The van der Waals surface area contributed by atoms with Gasteiger partial charge in [0.25, 0.3) is 5.91 Å². The molecule has 0 aliphatic rings. The Bertz CT molecular complexity index is 1250. The summed E-state index contributed by atoms with van der Waals surface area (Å²) in [4.78, 5) is 31.2. The van der Waals surface area contributed by atoms with Gasteiger partial charge in [0, 0.05) is 48.2 Å². The summed E-state index contributed by atoms with van der Waals surface area (Å²) in [5, 5.41) is 4.67. The molecule has 0 aliphatic carbocycles. The van der Waals surface area contributed by atoms with Crippen LogP contribution >= 0.6 is 22.9 Å². The molecule has 0 atom stereocenters. The van der Waals surface area contributed by atoms with Crippen molar-refractivity contribution in [1.29, 1.82) is 0 Å². The molecular formula is C21H20ClN3O4S2. The molecule has 0 fully saturated rings. The molecule has 3 rings (SSSR count). The highest BCUT2D eigenvalue weighted by molar-refractivity contribution is 7.90. The van der Waals surface area contributed by atoms with Crippen LogP contribution in [0, 0.1) is 0 Å². The third-order valence-electron chi connectivity index (χ3n) is 4.39. The van der Waals surface area contributed by atoms with Crippen LogP contribution in [0.15, 0.2) is 52.9 Å². The standard InChI is InChI=1S/C21H20ClN3O4S2/c1-25(2)19(26)8-13-5-4-6-23-20(13)14-7-18(30-12-14)21(27)24-16-9-15(22)10-17(11-16)31(3,28)29/h4-7,9-12H,8H2,1-3H3,(H,24,27). The molecule has 2 aromatic heterocycles. The van der Waals surface area contributed by atoms with E-state index in [9.17, 15) is 18.0 Å². The zero-order valence-electron chi connectivity index (χ0n) is 17.0. The molecule has 0 aliphatic heterocycles. The number of benzene rings is 1. The minimum absolute atomic E-state index is 0.0193. The Morgan fingerprint density at radius 1 is 1.19 bits per heavy atom. The van der Waals surface area contributed by atoms with Crippen LogP contribution in [-0.2, 0) is 21.1 Å². The topological polar surface area (TPSA) is 96.4 Å². The van der Waals surface area contributed by atoms with E-state index in [2.05, 4.69) is 10.3 Å². The first-order valence-corrected chi connectivity index (χ1v) is 12.2. The van der Waals surface area contributed by atoms with Crippen LogP contribution in [0.5, 0.6) is 0 Å². The second kappa shape index (κ2) is 9.17. The van der Waals surface area contributed by atoms with Gasteiger partial charge in [0.05, 0.1) is 21.9 Å². The third kappa shape index (κ3) is 5.69. The minimum atomic E-state index is -3.47. The molecule has 0 spiro atoms. The molecular weight excluding hydrogens is 458 g/mol. The number of sulfone groups is 1. The van der Waals surface area contributed by atoms with Crippen molar-refractivity contribution in [3.05, 3.63) is 63.4 Å². The lowest BCUT2D eigenvalue weighted by atomic mass is 10.1. The van der Waals surface area contributed by atoms with Gasteiger partial charge in [0.15, 0.2) is 9.84 Å². The van der Waals surface area contributed by atoms with Crippen LogP contribution in [0.3, 0.4) is 0 Å². The maximum absolute atomic E-state index is 12.7. The second-order valence-corrected chi connectivity index (χ2v) is 10.4. The summed E-state index contributed by atoms with van der Waals surface area (Å²) in [5.41, 5.74) is 2.40. The van der Waals surface area contributed by atoms with Gasteiger partial charge in [-0.05, 0) is 35.9 Å². The molecule has 0 saturated heterocycles. The van der Waals surface area contributed by atoms with E-state index in [1.54, 1.807) is 37.8 Å². The minimum Gasteiger partial charge on any atom is -0.349 e. The molecule has 0 unspecified atom stereocenters. The van der Waals surface area contributed by atoms with Crippen molar-refractivity contribution in [3.63, 3.8) is 0 Å². The lowest BCUT2D eigenvalue weighted by Gasteiger charge is -2.12. The van der Waals surface area contributed by atoms with Crippen molar-refractivity contribution in [2.45, 2.75) is 11.3 Å². The van der Waals surface area contributed by atoms with E-state index in [1.807, 2.05) is 6.07 Å². The van der Waals surface area contributed by atoms with E-state index in [1.165, 1.54) is 34.4 Å². The van der Waals surface area contributed by atoms with Crippen LogP contribution in [0.2, 0.25) is 5.02 Å². The van der Waals surface area contributed by atoms with Gasteiger partial charge in [-0.25, -0.2) is 8.42 Å². The molecule has 7 nitrogen and oxygen atoms in total. The van der Waals surface area contributed by atoms with Gasteiger partial charge in [-0.1, -0.05) is 17.7 Å². The number of halogens is 1. The van der Waals surface area contributed by atoms with E-state index >= 15 is 0 Å². The first kappa shape index (κ1) is 22.9. The SMILES string of the molecule is CN(C)C(=O)Cc1cccnc1-c1csc(C(=O)Nc2cc(Cl)cc(S(C)(=O)=O)c2)c1. The molecule has 0 bridgehead atoms. The van der Waals surface area contributed by atoms with Gasteiger partial charge in [-0.15, -0.1) is 11.3 Å². The first-order chi connectivity index (χ1) is 14.5. The van der Waals surface area contributed by atoms with E-state index in [4.69, 9.17) is 11.6 Å². The number of hydrogen-bond acceptors (Lipinski definition) is 6. The van der Waals surface area contributed by atoms with Crippen molar-refractivity contribution < 1.29 is 18.0 Å². The summed E-state index contributed by atoms with van der Waals surface area (Å²) < 4.78 is 23.6. The summed E-state index contributed by atoms with van der Waals surface area (Å²) in [6, 6.07) is 9.45. The molecule has 0 radical (unpaired) electrons. The maximum Gasteiger partial charge on any atom is 0.265 e. The highest BCUT2D eigenvalue weighted by atomic mass is 35.5. The average molecular weight is 478 g/mol. The van der Waals surface area contributed by atoms with Gasteiger partial charge in [-0.3, -0.25) is 14.6 Å². The van der Waals surface area contributed by atoms with Crippen LogP contribution in [-0.4, -0.2) is 50.5 Å². The Morgan fingerprint density at radius 2 is 1.94 bits per heavy atom. The Labute approximate surface area is 189 Å². The number of hydrogen-bond donors (Lipinski definition) is 1. The summed E-state index contributed by atoms with van der Waals surface area (Å²) in [6.45, 7) is 0. The lowest BCUT2D eigenvalue weighted by Crippen LogP contribution is -2.23. The number of likely N-dealkylation sites (N-methyl/N-ethyl adjacent to an activating group) is 1. The van der Waals surface area contributed by atoms with Gasteiger partial charge in [0.1, 0.15) is 0 Å². The van der Waals surface area contributed by atoms with E-state index in [0.29, 0.717) is 10.6 Å². The van der Waals surface area contributed by atoms with Crippen LogP contribution < -0.4 is 5.32 Å². The molecule has 162 valence electrons. The number of carbonyl (C=O) groups excluding carboxylic acids is 2. The zero-order valence-corrected chi connectivity index (χ0v) is 19.4. The number of nitrogens with zero attached hydrogens (tertiary/aromatic N) is 2. The highest BCUT2D eigenvalue weighted by Gasteiger charge is 2.17. The summed E-state index contributed by atoms with van der Waals surface area (Å²) >= 11 is 7.22. The monoisotopic (exact) mass is 477 g/mol. The number of anilines is 1. The van der Waals surface area contributed by atoms with Gasteiger partial charge in [-0.2, -0.15) is 0 Å². The van der Waals surface area contributed by atoms with Crippen molar-refractivity contribution in [3.8, 4) is 11.3 Å². The number of pyridine rings is 1. The Kier molecular flexibility index (Phi) is 6.78. The van der Waals surface area contributed by atoms with Crippen molar-refractivity contribution in [2.75, 3.05) is 25.7 Å². The molecule has 2 heterocycles. The number of aromatic nitrogens is 1. The number of rotatable bonds is 6. The fourth-order valence-corrected chi connectivity index (χ4v) is 4.55. The Morgan fingerprint density at radius 3 is 2.61 bits per heavy atom. The van der Waals surface area contributed by atoms with Gasteiger partial charge < -0.3 is 10.2 Å². The van der Waals surface area contributed by atoms with Crippen LogP contribution in [0.1, 0.15) is 15.2 Å². The van der Waals surface area contributed by atoms with Crippen LogP contribution in [0.4, 0.5) is 5.69 Å².